The Hall–Kier alpha value is 0.974. The summed E-state index contributed by atoms with van der Waals surface area (Å²) in [5.74, 6) is 0. The van der Waals surface area contributed by atoms with Crippen LogP contribution in [0.15, 0.2) is 0 Å². The van der Waals surface area contributed by atoms with E-state index in [1.165, 1.54) is 0 Å². The molecule has 0 rings (SSSR count). The molecule has 0 bridgehead atoms. The molecule has 0 fully saturated rings. The van der Waals surface area contributed by atoms with Crippen molar-refractivity contribution in [2.45, 2.75) is 19.9 Å². The predicted molar refractivity (Wildman–Crippen MR) is 45.7 cm³/mol. The van der Waals surface area contributed by atoms with Crippen LogP contribution in [-0.2, 0) is 0 Å². The van der Waals surface area contributed by atoms with Crippen LogP contribution in [0.1, 0.15) is 13.8 Å². The van der Waals surface area contributed by atoms with Gasteiger partial charge in [-0.25, -0.2) is 0 Å². The Labute approximate surface area is 63.5 Å². The number of hydrogen-bond acceptors (Lipinski definition) is 1. The molecule has 5 heteroatoms. The van der Waals surface area contributed by atoms with Gasteiger partial charge < -0.3 is 4.98 Å². The van der Waals surface area contributed by atoms with E-state index < -0.39 is 6.37 Å². The Kier molecular flexibility index (Phi) is 3.61. The van der Waals surface area contributed by atoms with Crippen molar-refractivity contribution in [3.05, 3.63) is 0 Å². The Bertz CT molecular complexity index is 70.2. The van der Waals surface area contributed by atoms with Crippen molar-refractivity contribution < 1.29 is 0 Å². The Morgan fingerprint density at radius 2 is 1.88 bits per heavy atom. The van der Waals surface area contributed by atoms with Gasteiger partial charge in [0.15, 0.2) is 0 Å². The zero-order valence-corrected chi connectivity index (χ0v) is 9.85. The molecule has 50 valence electrons. The summed E-state index contributed by atoms with van der Waals surface area (Å²) < 4.78 is 0. The van der Waals surface area contributed by atoms with Gasteiger partial charge in [0.25, 0.3) is 6.37 Å². The third kappa shape index (κ3) is 6.97. The highest BCUT2D eigenvalue weighted by atomic mass is 35.7. The highest BCUT2D eigenvalue weighted by Gasteiger charge is 2.20. The molecule has 0 aromatic rings. The van der Waals surface area contributed by atoms with Gasteiger partial charge in [-0.1, -0.05) is 13.8 Å². The molecule has 0 saturated heterocycles. The van der Waals surface area contributed by atoms with E-state index in [0.717, 1.165) is 9.76 Å². The minimum Gasteiger partial charge on any atom is -0.314 e. The molecule has 0 heterocycles. The lowest BCUT2D eigenvalue weighted by Gasteiger charge is -2.15. The molecule has 0 spiro atoms. The van der Waals surface area contributed by atoms with Crippen LogP contribution in [0.2, 0.25) is 0 Å². The van der Waals surface area contributed by atoms with Crippen LogP contribution < -0.4 is 4.98 Å². The summed E-state index contributed by atoms with van der Waals surface area (Å²) in [6, 6.07) is 0.425. The quantitative estimate of drug-likeness (QED) is 0.484. The van der Waals surface area contributed by atoms with Crippen LogP contribution in [0, 0.1) is 0 Å². The van der Waals surface area contributed by atoms with Gasteiger partial charge in [-0.15, -0.1) is 22.2 Å². The summed E-state index contributed by atoms with van der Waals surface area (Å²) in [7, 11) is 0.885. The largest absolute Gasteiger partial charge is 0.314 e. The highest BCUT2D eigenvalue weighted by Crippen LogP contribution is 2.04. The zero-order valence-electron chi connectivity index (χ0n) is 5.33. The first-order chi connectivity index (χ1) is 3.42. The maximum atomic E-state index is 5.78. The molecule has 0 unspecified atom stereocenters. The van der Waals surface area contributed by atoms with Gasteiger partial charge in [-0.3, -0.25) is 0 Å². The fourth-order valence-corrected chi connectivity index (χ4v) is 4.56. The molecular formula is C3H11Cl2NSi2. The fraction of sp³-hybridized carbons (Fsp3) is 1.00. The first-order valence-corrected chi connectivity index (χ1v) is 10.1. The summed E-state index contributed by atoms with van der Waals surface area (Å²) >= 11 is 11.6. The van der Waals surface area contributed by atoms with E-state index in [-0.39, 0.29) is 0 Å². The van der Waals surface area contributed by atoms with Gasteiger partial charge >= 0.3 is 0 Å². The maximum absolute atomic E-state index is 5.78. The third-order valence-electron chi connectivity index (χ3n) is 0.542. The summed E-state index contributed by atoms with van der Waals surface area (Å²) in [6.07, 6.45) is -1.89. The number of rotatable bonds is 2. The molecule has 0 aromatic carbocycles. The van der Waals surface area contributed by atoms with Gasteiger partial charge in [0, 0.05) is 0 Å². The SMILES string of the molecule is CC(C)N[Si]([SiH3])(Cl)Cl. The van der Waals surface area contributed by atoms with Crippen LogP contribution in [-0.4, -0.2) is 22.2 Å². The van der Waals surface area contributed by atoms with Crippen molar-refractivity contribution in [3.8, 4) is 0 Å². The first-order valence-electron chi connectivity index (χ1n) is 2.57. The molecule has 0 atom stereocenters. The van der Waals surface area contributed by atoms with E-state index in [9.17, 15) is 0 Å². The minimum absolute atomic E-state index is 0.425. The maximum Gasteiger partial charge on any atom is 0.293 e. The number of hydrogen-bond donors (Lipinski definition) is 1. The lowest BCUT2D eigenvalue weighted by molar-refractivity contribution is 0.753. The van der Waals surface area contributed by atoms with Crippen LogP contribution in [0.25, 0.3) is 0 Å². The van der Waals surface area contributed by atoms with Crippen LogP contribution in [0.4, 0.5) is 0 Å². The Morgan fingerprint density at radius 3 is 1.88 bits per heavy atom. The lowest BCUT2D eigenvalue weighted by Crippen LogP contribution is -2.45. The van der Waals surface area contributed by atoms with Crippen LogP contribution >= 0.6 is 22.2 Å². The fourth-order valence-electron chi connectivity index (χ4n) is 0.507. The molecule has 0 radical (unpaired) electrons. The molecule has 1 N–H and O–H groups in total. The van der Waals surface area contributed by atoms with E-state index in [4.69, 9.17) is 22.2 Å². The second kappa shape index (κ2) is 3.22. The molecule has 0 amide bonds. The summed E-state index contributed by atoms with van der Waals surface area (Å²) in [6.45, 7) is 4.09. The smallest absolute Gasteiger partial charge is 0.293 e. The zero-order chi connectivity index (χ0) is 6.78. The van der Waals surface area contributed by atoms with Crippen molar-refractivity contribution in [3.63, 3.8) is 0 Å². The monoisotopic (exact) mass is 187 g/mol. The van der Waals surface area contributed by atoms with E-state index >= 15 is 0 Å². The average molecular weight is 188 g/mol. The molecule has 0 saturated carbocycles. The summed E-state index contributed by atoms with van der Waals surface area (Å²) in [5.41, 5.74) is 0. The minimum atomic E-state index is -1.89. The van der Waals surface area contributed by atoms with Crippen molar-refractivity contribution >= 4 is 38.3 Å². The molecule has 8 heavy (non-hydrogen) atoms. The molecule has 0 aliphatic carbocycles. The summed E-state index contributed by atoms with van der Waals surface area (Å²) in [4.78, 5) is 3.11. The van der Waals surface area contributed by atoms with Gasteiger partial charge in [0.05, 0.1) is 9.76 Å². The molecule has 0 aliphatic rings. The standard InChI is InChI=1S/C3H11Cl2NSi2/c1-3(2)6-8(4,5)7/h3,6H,1-2,7H3. The van der Waals surface area contributed by atoms with Crippen molar-refractivity contribution in [2.75, 3.05) is 0 Å². The molecule has 0 aromatic heterocycles. The second-order valence-electron chi connectivity index (χ2n) is 2.19. The van der Waals surface area contributed by atoms with Crippen molar-refractivity contribution in [1.82, 2.24) is 4.98 Å². The molecule has 1 nitrogen and oxygen atoms in total. The Morgan fingerprint density at radius 1 is 1.50 bits per heavy atom. The highest BCUT2D eigenvalue weighted by molar-refractivity contribution is 7.62. The average Bonchev–Trinajstić information content (AvgIpc) is 1.21. The van der Waals surface area contributed by atoms with Gasteiger partial charge in [-0.05, 0) is 6.04 Å². The number of halogens is 2. The molecular weight excluding hydrogens is 177 g/mol. The predicted octanol–water partition coefficient (Wildman–Crippen LogP) is 0.263. The van der Waals surface area contributed by atoms with E-state index in [0.29, 0.717) is 6.04 Å². The van der Waals surface area contributed by atoms with Crippen molar-refractivity contribution in [2.24, 2.45) is 0 Å². The normalized spacial score (nSPS) is 13.1. The lowest BCUT2D eigenvalue weighted by atomic mass is 10.4. The van der Waals surface area contributed by atoms with Crippen LogP contribution in [0.5, 0.6) is 0 Å². The van der Waals surface area contributed by atoms with E-state index in [1.54, 1.807) is 0 Å². The summed E-state index contributed by atoms with van der Waals surface area (Å²) in [5, 5.41) is 0. The van der Waals surface area contributed by atoms with E-state index in [2.05, 4.69) is 4.98 Å². The second-order valence-corrected chi connectivity index (χ2v) is 17.7. The van der Waals surface area contributed by atoms with Gasteiger partial charge in [-0.2, -0.15) is 0 Å². The number of nitrogens with one attached hydrogen (secondary N) is 1. The van der Waals surface area contributed by atoms with Crippen molar-refractivity contribution in [1.29, 1.82) is 0 Å². The van der Waals surface area contributed by atoms with Gasteiger partial charge in [0.2, 0.25) is 0 Å². The third-order valence-corrected chi connectivity index (χ3v) is 3.15. The molecule has 0 aliphatic heterocycles. The van der Waals surface area contributed by atoms with Crippen LogP contribution in [0.3, 0.4) is 0 Å². The topological polar surface area (TPSA) is 12.0 Å². The van der Waals surface area contributed by atoms with Gasteiger partial charge in [0.1, 0.15) is 0 Å². The first kappa shape index (κ1) is 8.97. The Balaban J connectivity index is 3.39. The van der Waals surface area contributed by atoms with E-state index in [1.807, 2.05) is 13.8 Å².